The number of nitrogens with zero attached hydrogens (tertiary/aromatic N) is 2. The van der Waals surface area contributed by atoms with Gasteiger partial charge in [-0.05, 0) is 92.5 Å². The molecule has 48 heavy (non-hydrogen) atoms. The van der Waals surface area contributed by atoms with Crippen molar-refractivity contribution in [2.24, 2.45) is 5.92 Å². The lowest BCUT2D eigenvalue weighted by Crippen LogP contribution is -2.53. The predicted octanol–water partition coefficient (Wildman–Crippen LogP) is 6.19. The Labute approximate surface area is 286 Å². The van der Waals surface area contributed by atoms with Crippen LogP contribution >= 0.6 is 0 Å². The van der Waals surface area contributed by atoms with Crippen molar-refractivity contribution in [1.29, 1.82) is 0 Å². The average molecular weight is 679 g/mol. The lowest BCUT2D eigenvalue weighted by atomic mass is 9.80. The smallest absolute Gasteiger partial charge is 0.243 e. The summed E-state index contributed by atoms with van der Waals surface area (Å²) in [7, 11) is -0.375. The Morgan fingerprint density at radius 2 is 1.71 bits per heavy atom. The van der Waals surface area contributed by atoms with Crippen LogP contribution in [0.15, 0.2) is 71.6 Å². The maximum absolute atomic E-state index is 14.4. The van der Waals surface area contributed by atoms with E-state index in [2.05, 4.69) is 29.2 Å². The maximum Gasteiger partial charge on any atom is 0.243 e. The van der Waals surface area contributed by atoms with Crippen LogP contribution in [0.4, 0.5) is 5.69 Å². The Morgan fingerprint density at radius 1 is 0.938 bits per heavy atom. The molecule has 0 spiro atoms. The van der Waals surface area contributed by atoms with Gasteiger partial charge in [0.1, 0.15) is 18.1 Å². The van der Waals surface area contributed by atoms with E-state index in [1.54, 1.807) is 30.7 Å². The topological polar surface area (TPSA) is 86.8 Å². The zero-order chi connectivity index (χ0) is 33.5. The van der Waals surface area contributed by atoms with Crippen LogP contribution in [0, 0.1) is 12.8 Å². The minimum absolute atomic E-state index is 0.0108. The number of aryl methyl sites for hydroxylation is 1. The van der Waals surface area contributed by atoms with Gasteiger partial charge in [-0.15, -0.1) is 0 Å². The van der Waals surface area contributed by atoms with Gasteiger partial charge in [0.2, 0.25) is 10.0 Å². The molecule has 2 saturated heterocycles. The molecule has 3 atom stereocenters. The Bertz CT molecular complexity index is 1580. The van der Waals surface area contributed by atoms with Gasteiger partial charge >= 0.3 is 0 Å². The summed E-state index contributed by atoms with van der Waals surface area (Å²) in [6.45, 7) is 7.14. The van der Waals surface area contributed by atoms with Crippen LogP contribution in [-0.4, -0.2) is 85.2 Å². The molecule has 0 aliphatic carbocycles. The summed E-state index contributed by atoms with van der Waals surface area (Å²) in [5.74, 6) is 2.10. The third-order valence-electron chi connectivity index (χ3n) is 10.1. The summed E-state index contributed by atoms with van der Waals surface area (Å²) in [4.78, 5) is 2.67. The third kappa shape index (κ3) is 8.17. The number of hydrogen-bond donors (Lipinski definition) is 0. The number of benzene rings is 3. The van der Waals surface area contributed by atoms with Gasteiger partial charge in [-0.2, -0.15) is 4.31 Å². The zero-order valence-electron chi connectivity index (χ0n) is 28.5. The molecule has 260 valence electrons. The summed E-state index contributed by atoms with van der Waals surface area (Å²) in [6, 6.07) is 21.4. The molecule has 0 radical (unpaired) electrons. The predicted molar refractivity (Wildman–Crippen MR) is 187 cm³/mol. The van der Waals surface area contributed by atoms with E-state index in [1.165, 1.54) is 0 Å². The van der Waals surface area contributed by atoms with E-state index in [9.17, 15) is 8.42 Å². The zero-order valence-corrected chi connectivity index (χ0v) is 29.3. The van der Waals surface area contributed by atoms with Gasteiger partial charge in [0.25, 0.3) is 0 Å². The highest BCUT2D eigenvalue weighted by atomic mass is 32.2. The lowest BCUT2D eigenvalue weighted by molar-refractivity contribution is -0.0260. The van der Waals surface area contributed by atoms with E-state index in [-0.39, 0.29) is 24.6 Å². The monoisotopic (exact) mass is 678 g/mol. The molecule has 3 aliphatic rings. The van der Waals surface area contributed by atoms with Gasteiger partial charge in [0.15, 0.2) is 0 Å². The minimum atomic E-state index is -3.77. The second-order valence-corrected chi connectivity index (χ2v) is 15.2. The van der Waals surface area contributed by atoms with Gasteiger partial charge in [-0.3, -0.25) is 0 Å². The first-order chi connectivity index (χ1) is 23.4. The molecule has 0 saturated carbocycles. The standard InChI is InChI=1S/C38H50N2O7S/c1-28-5-12-34(13-6-28)48(41,42)40-26-38(47-27-30-7-14-37-36(24-30)39(18-22-46-37)17-4-19-43-2)35(31-8-10-33(44-3)11-9-31)25-32(40)23-29-15-20-45-21-16-29/h5-14,24,29,32,35,38H,4,15-23,25-27H2,1-3H3/t32-,35-,38+/m1/s1. The lowest BCUT2D eigenvalue weighted by Gasteiger charge is -2.44. The Balaban J connectivity index is 1.29. The number of rotatable bonds is 13. The van der Waals surface area contributed by atoms with Crippen LogP contribution in [0.25, 0.3) is 0 Å². The summed E-state index contributed by atoms with van der Waals surface area (Å²) >= 11 is 0. The Kier molecular flexibility index (Phi) is 11.6. The molecular weight excluding hydrogens is 628 g/mol. The molecule has 0 unspecified atom stereocenters. The van der Waals surface area contributed by atoms with Crippen molar-refractivity contribution >= 4 is 15.7 Å². The molecule has 2 fully saturated rings. The molecular formula is C38H50N2O7S. The van der Waals surface area contributed by atoms with Crippen LogP contribution in [0.1, 0.15) is 54.7 Å². The molecule has 0 N–H and O–H groups in total. The second-order valence-electron chi connectivity index (χ2n) is 13.3. The summed E-state index contributed by atoms with van der Waals surface area (Å²) in [5.41, 5.74) is 4.25. The third-order valence-corrected chi connectivity index (χ3v) is 12.0. The van der Waals surface area contributed by atoms with Crippen LogP contribution in [0.5, 0.6) is 11.5 Å². The van der Waals surface area contributed by atoms with Gasteiger partial charge in [-0.1, -0.05) is 35.9 Å². The average Bonchev–Trinajstić information content (AvgIpc) is 3.11. The van der Waals surface area contributed by atoms with Crippen molar-refractivity contribution in [2.75, 3.05) is 65.2 Å². The number of ether oxygens (including phenoxy) is 5. The summed E-state index contributed by atoms with van der Waals surface area (Å²) in [6.07, 6.45) is 3.96. The molecule has 3 heterocycles. The van der Waals surface area contributed by atoms with Gasteiger partial charge in [0.05, 0.1) is 36.9 Å². The van der Waals surface area contributed by atoms with E-state index < -0.39 is 10.0 Å². The van der Waals surface area contributed by atoms with Crippen molar-refractivity contribution in [3.8, 4) is 11.5 Å². The van der Waals surface area contributed by atoms with Crippen LogP contribution in [0.2, 0.25) is 0 Å². The van der Waals surface area contributed by atoms with Crippen molar-refractivity contribution in [3.05, 3.63) is 83.4 Å². The number of methoxy groups -OCH3 is 2. The van der Waals surface area contributed by atoms with E-state index in [1.807, 2.05) is 37.3 Å². The molecule has 0 amide bonds. The van der Waals surface area contributed by atoms with Crippen LogP contribution in [-0.2, 0) is 30.8 Å². The van der Waals surface area contributed by atoms with E-state index >= 15 is 0 Å². The first kappa shape index (κ1) is 34.7. The molecule has 0 aromatic heterocycles. The minimum Gasteiger partial charge on any atom is -0.497 e. The molecule has 3 aromatic carbocycles. The number of fused-ring (bicyclic) bond motifs is 1. The maximum atomic E-state index is 14.4. The van der Waals surface area contributed by atoms with Crippen molar-refractivity contribution < 1.29 is 32.1 Å². The summed E-state index contributed by atoms with van der Waals surface area (Å²) in [5, 5.41) is 0. The fourth-order valence-corrected chi connectivity index (χ4v) is 9.01. The molecule has 9 nitrogen and oxygen atoms in total. The highest BCUT2D eigenvalue weighted by molar-refractivity contribution is 7.89. The number of sulfonamides is 1. The van der Waals surface area contributed by atoms with Gasteiger partial charge < -0.3 is 28.6 Å². The SMILES string of the molecule is COCCCN1CCOc2ccc(CO[C@H]3CN(S(=O)(=O)c4ccc(C)cc4)[C@H](CC4CCOCC4)C[C@@H]3c3ccc(OC)cc3)cc21. The van der Waals surface area contributed by atoms with Gasteiger partial charge in [-0.25, -0.2) is 8.42 Å². The first-order valence-corrected chi connectivity index (χ1v) is 18.7. The van der Waals surface area contributed by atoms with Crippen molar-refractivity contribution in [2.45, 2.75) is 68.6 Å². The van der Waals surface area contributed by atoms with E-state index in [0.29, 0.717) is 37.1 Å². The van der Waals surface area contributed by atoms with Crippen LogP contribution < -0.4 is 14.4 Å². The first-order valence-electron chi connectivity index (χ1n) is 17.3. The number of piperidine rings is 1. The van der Waals surface area contributed by atoms with E-state index in [0.717, 1.165) is 85.9 Å². The fraction of sp³-hybridized carbons (Fsp3) is 0.526. The largest absolute Gasteiger partial charge is 0.497 e. The van der Waals surface area contributed by atoms with E-state index in [4.69, 9.17) is 23.7 Å². The van der Waals surface area contributed by atoms with Crippen molar-refractivity contribution in [1.82, 2.24) is 4.31 Å². The molecule has 3 aliphatic heterocycles. The van der Waals surface area contributed by atoms with Gasteiger partial charge in [0, 0.05) is 52.0 Å². The molecule has 10 heteroatoms. The number of anilines is 1. The highest BCUT2D eigenvalue weighted by Gasteiger charge is 2.43. The fourth-order valence-electron chi connectivity index (χ4n) is 7.35. The normalized spacial score (nSPS) is 22.2. The highest BCUT2D eigenvalue weighted by Crippen LogP contribution is 2.41. The van der Waals surface area contributed by atoms with Crippen LogP contribution in [0.3, 0.4) is 0 Å². The van der Waals surface area contributed by atoms with Crippen molar-refractivity contribution in [3.63, 3.8) is 0 Å². The Morgan fingerprint density at radius 3 is 2.44 bits per heavy atom. The second kappa shape index (κ2) is 16.0. The molecule has 0 bridgehead atoms. The Hall–Kier alpha value is -3.15. The molecule has 3 aromatic rings. The quantitative estimate of drug-likeness (QED) is 0.198. The number of hydrogen-bond acceptors (Lipinski definition) is 8. The molecule has 6 rings (SSSR count). The summed E-state index contributed by atoms with van der Waals surface area (Å²) < 4.78 is 59.7.